The monoisotopic (exact) mass is 258 g/mol. The molecule has 0 fully saturated rings. The molecule has 1 aliphatic rings. The second kappa shape index (κ2) is 4.53. The number of para-hydroxylation sites is 1. The van der Waals surface area contributed by atoms with Gasteiger partial charge in [0.05, 0.1) is 13.0 Å². The largest absolute Gasteiger partial charge is 0.469 e. The van der Waals surface area contributed by atoms with Crippen LogP contribution in [-0.2, 0) is 16.0 Å². The highest BCUT2D eigenvalue weighted by atomic mass is 16.5. The summed E-state index contributed by atoms with van der Waals surface area (Å²) in [6, 6.07) is 7.33. The minimum atomic E-state index is -0.359. The highest BCUT2D eigenvalue weighted by molar-refractivity contribution is 5.89. The van der Waals surface area contributed by atoms with Crippen molar-refractivity contribution in [3.63, 3.8) is 0 Å². The van der Waals surface area contributed by atoms with Crippen LogP contribution in [0.25, 0.3) is 11.0 Å². The normalized spacial score (nSPS) is 18.1. The van der Waals surface area contributed by atoms with E-state index in [9.17, 15) is 9.59 Å². The Morgan fingerprint density at radius 2 is 2.16 bits per heavy atom. The Hall–Kier alpha value is -2.10. The number of rotatable bonds is 1. The van der Waals surface area contributed by atoms with Crippen LogP contribution in [0.1, 0.15) is 29.9 Å². The second-order valence-corrected chi connectivity index (χ2v) is 4.75. The molecule has 0 amide bonds. The molecule has 2 aromatic rings. The van der Waals surface area contributed by atoms with Gasteiger partial charge in [-0.05, 0) is 30.9 Å². The molecule has 3 rings (SSSR count). The smallest absolute Gasteiger partial charge is 0.339 e. The minimum absolute atomic E-state index is 0.281. The van der Waals surface area contributed by atoms with Gasteiger partial charge in [-0.1, -0.05) is 18.2 Å². The first kappa shape index (κ1) is 12.0. The fourth-order valence-corrected chi connectivity index (χ4v) is 2.85. The quantitative estimate of drug-likeness (QED) is 0.582. The predicted molar refractivity (Wildman–Crippen MR) is 70.2 cm³/mol. The Morgan fingerprint density at radius 3 is 2.95 bits per heavy atom. The van der Waals surface area contributed by atoms with Crippen LogP contribution in [0.4, 0.5) is 0 Å². The maximum Gasteiger partial charge on any atom is 0.339 e. The van der Waals surface area contributed by atoms with E-state index >= 15 is 0 Å². The van der Waals surface area contributed by atoms with E-state index in [1.54, 1.807) is 6.07 Å². The number of carbonyl (C=O) groups excluding carboxylic acids is 1. The number of carbonyl (C=O) groups is 1. The van der Waals surface area contributed by atoms with Crippen LogP contribution in [-0.4, -0.2) is 13.1 Å². The van der Waals surface area contributed by atoms with Gasteiger partial charge in [-0.25, -0.2) is 4.79 Å². The number of benzene rings is 1. The standard InChI is InChI=1S/C15H14O4/c1-18-14(16)10-6-4-7-11-13(10)9-5-2-3-8-12(9)19-15(11)17/h2-3,5,8,10H,4,6-7H2,1H3. The van der Waals surface area contributed by atoms with Crippen molar-refractivity contribution in [1.82, 2.24) is 0 Å². The zero-order valence-corrected chi connectivity index (χ0v) is 10.6. The second-order valence-electron chi connectivity index (χ2n) is 4.75. The van der Waals surface area contributed by atoms with Gasteiger partial charge in [0.1, 0.15) is 5.58 Å². The molecule has 19 heavy (non-hydrogen) atoms. The molecule has 1 aromatic carbocycles. The summed E-state index contributed by atoms with van der Waals surface area (Å²) < 4.78 is 10.2. The number of ether oxygens (including phenoxy) is 1. The molecule has 1 aromatic heterocycles. The molecule has 4 heteroatoms. The summed E-state index contributed by atoms with van der Waals surface area (Å²) in [4.78, 5) is 23.9. The summed E-state index contributed by atoms with van der Waals surface area (Å²) >= 11 is 0. The van der Waals surface area contributed by atoms with E-state index in [4.69, 9.17) is 9.15 Å². The summed E-state index contributed by atoms with van der Waals surface area (Å²) in [7, 11) is 1.38. The molecular weight excluding hydrogens is 244 g/mol. The van der Waals surface area contributed by atoms with Crippen molar-refractivity contribution in [2.75, 3.05) is 7.11 Å². The van der Waals surface area contributed by atoms with E-state index in [2.05, 4.69) is 0 Å². The molecule has 0 saturated heterocycles. The predicted octanol–water partition coefficient (Wildman–Crippen LogP) is 2.39. The molecule has 0 spiro atoms. The molecule has 1 atom stereocenters. The lowest BCUT2D eigenvalue weighted by molar-refractivity contribution is -0.142. The van der Waals surface area contributed by atoms with Crippen LogP contribution in [0.5, 0.6) is 0 Å². The first-order valence-electron chi connectivity index (χ1n) is 6.35. The van der Waals surface area contributed by atoms with E-state index in [0.717, 1.165) is 17.4 Å². The van der Waals surface area contributed by atoms with Crippen molar-refractivity contribution in [3.8, 4) is 0 Å². The van der Waals surface area contributed by atoms with E-state index in [0.29, 0.717) is 24.0 Å². The summed E-state index contributed by atoms with van der Waals surface area (Å²) in [5.41, 5.74) is 1.62. The zero-order chi connectivity index (χ0) is 13.4. The Labute approximate surface area is 110 Å². The molecule has 0 radical (unpaired) electrons. The van der Waals surface area contributed by atoms with Crippen LogP contribution in [0.15, 0.2) is 33.5 Å². The van der Waals surface area contributed by atoms with Crippen LogP contribution in [0, 0.1) is 0 Å². The Bertz CT molecular complexity index is 699. The topological polar surface area (TPSA) is 56.5 Å². The molecule has 0 bridgehead atoms. The van der Waals surface area contributed by atoms with Gasteiger partial charge in [0.15, 0.2) is 0 Å². The van der Waals surface area contributed by atoms with Crippen molar-refractivity contribution >= 4 is 16.9 Å². The van der Waals surface area contributed by atoms with Gasteiger partial charge in [0.2, 0.25) is 0 Å². The maximum absolute atomic E-state index is 12.0. The first-order chi connectivity index (χ1) is 9.22. The van der Waals surface area contributed by atoms with Crippen LogP contribution >= 0.6 is 0 Å². The minimum Gasteiger partial charge on any atom is -0.469 e. The zero-order valence-electron chi connectivity index (χ0n) is 10.6. The van der Waals surface area contributed by atoms with Gasteiger partial charge < -0.3 is 9.15 Å². The number of hydrogen-bond donors (Lipinski definition) is 0. The highest BCUT2D eigenvalue weighted by Crippen LogP contribution is 2.35. The van der Waals surface area contributed by atoms with E-state index < -0.39 is 0 Å². The third kappa shape index (κ3) is 1.84. The highest BCUT2D eigenvalue weighted by Gasteiger charge is 2.31. The molecule has 0 aliphatic heterocycles. The molecule has 4 nitrogen and oxygen atoms in total. The SMILES string of the molecule is COC(=O)C1CCCc2c1c1ccccc1oc2=O. The van der Waals surface area contributed by atoms with Gasteiger partial charge in [0, 0.05) is 10.9 Å². The van der Waals surface area contributed by atoms with Crippen molar-refractivity contribution in [1.29, 1.82) is 0 Å². The molecule has 98 valence electrons. The van der Waals surface area contributed by atoms with Crippen molar-refractivity contribution in [2.45, 2.75) is 25.2 Å². The van der Waals surface area contributed by atoms with Crippen LogP contribution in [0.3, 0.4) is 0 Å². The molecule has 1 unspecified atom stereocenters. The summed E-state index contributed by atoms with van der Waals surface area (Å²) in [6.07, 6.45) is 2.18. The number of methoxy groups -OCH3 is 1. The van der Waals surface area contributed by atoms with Gasteiger partial charge in [0.25, 0.3) is 0 Å². The number of esters is 1. The van der Waals surface area contributed by atoms with E-state index in [-0.39, 0.29) is 17.5 Å². The number of fused-ring (bicyclic) bond motifs is 3. The summed E-state index contributed by atoms with van der Waals surface area (Å²) in [6.45, 7) is 0. The Morgan fingerprint density at radius 1 is 1.37 bits per heavy atom. The lowest BCUT2D eigenvalue weighted by Gasteiger charge is -2.23. The lowest BCUT2D eigenvalue weighted by Crippen LogP contribution is -2.24. The molecule has 1 aliphatic carbocycles. The Kier molecular flexibility index (Phi) is 2.85. The lowest BCUT2D eigenvalue weighted by atomic mass is 9.82. The molecule has 0 saturated carbocycles. The summed E-state index contributed by atoms with van der Waals surface area (Å²) in [5.74, 6) is -0.639. The van der Waals surface area contributed by atoms with Crippen LogP contribution < -0.4 is 5.63 Å². The fraction of sp³-hybridized carbons (Fsp3) is 0.333. The average Bonchev–Trinajstić information content (AvgIpc) is 2.46. The van der Waals surface area contributed by atoms with E-state index in [1.165, 1.54) is 7.11 Å². The third-order valence-electron chi connectivity index (χ3n) is 3.71. The summed E-state index contributed by atoms with van der Waals surface area (Å²) in [5, 5.41) is 0.840. The first-order valence-corrected chi connectivity index (χ1v) is 6.35. The molecule has 1 heterocycles. The van der Waals surface area contributed by atoms with Gasteiger partial charge in [-0.2, -0.15) is 0 Å². The van der Waals surface area contributed by atoms with Crippen molar-refractivity contribution in [3.05, 3.63) is 45.8 Å². The van der Waals surface area contributed by atoms with Crippen molar-refractivity contribution < 1.29 is 13.9 Å². The molecule has 0 N–H and O–H groups in total. The van der Waals surface area contributed by atoms with E-state index in [1.807, 2.05) is 18.2 Å². The number of hydrogen-bond acceptors (Lipinski definition) is 4. The van der Waals surface area contributed by atoms with Crippen molar-refractivity contribution in [2.24, 2.45) is 0 Å². The van der Waals surface area contributed by atoms with Gasteiger partial charge >= 0.3 is 11.6 Å². The average molecular weight is 258 g/mol. The third-order valence-corrected chi connectivity index (χ3v) is 3.71. The Balaban J connectivity index is 2.34. The van der Waals surface area contributed by atoms with Gasteiger partial charge in [-0.3, -0.25) is 4.79 Å². The van der Waals surface area contributed by atoms with Crippen LogP contribution in [0.2, 0.25) is 0 Å². The van der Waals surface area contributed by atoms with Gasteiger partial charge in [-0.15, -0.1) is 0 Å². The molecular formula is C15H14O4. The maximum atomic E-state index is 12.0. The fourth-order valence-electron chi connectivity index (χ4n) is 2.85.